The van der Waals surface area contributed by atoms with Crippen molar-refractivity contribution in [1.82, 2.24) is 24.3 Å². The van der Waals surface area contributed by atoms with E-state index < -0.39 is 0 Å². The number of hydrogen-bond donors (Lipinski definition) is 1. The molecule has 7 nitrogen and oxygen atoms in total. The highest BCUT2D eigenvalue weighted by atomic mass is 35.5. The van der Waals surface area contributed by atoms with Crippen molar-refractivity contribution in [2.45, 2.75) is 13.1 Å². The molecule has 0 fully saturated rings. The fraction of sp³-hybridized carbons (Fsp3) is 0.333. The van der Waals surface area contributed by atoms with Crippen LogP contribution in [0.2, 0.25) is 0 Å². The number of aromatic nitrogens is 7. The van der Waals surface area contributed by atoms with Gasteiger partial charge < -0.3 is 24.8 Å². The quantitative estimate of drug-likeness (QED) is 0.484. The van der Waals surface area contributed by atoms with Gasteiger partial charge in [-0.05, 0) is 0 Å². The summed E-state index contributed by atoms with van der Waals surface area (Å²) in [4.78, 5) is 4.49. The first-order valence-corrected chi connectivity index (χ1v) is 6.11. The Morgan fingerprint density at radius 2 is 1.57 bits per heavy atom. The Morgan fingerprint density at radius 3 is 2.10 bits per heavy atom. The molecule has 0 saturated heterocycles. The van der Waals surface area contributed by atoms with Gasteiger partial charge in [0.05, 0.1) is 14.1 Å². The van der Waals surface area contributed by atoms with E-state index in [4.69, 9.17) is 0 Å². The van der Waals surface area contributed by atoms with Crippen LogP contribution in [0.25, 0.3) is 0 Å². The summed E-state index contributed by atoms with van der Waals surface area (Å²) < 4.78 is 8.09. The maximum atomic E-state index is 4.49. The summed E-state index contributed by atoms with van der Waals surface area (Å²) in [5.74, 6) is 1.66. The van der Waals surface area contributed by atoms with E-state index in [1.54, 1.807) is 0 Å². The Bertz CT molecular complexity index is 628. The van der Waals surface area contributed by atoms with Gasteiger partial charge in [0, 0.05) is 0 Å². The molecule has 21 heavy (non-hydrogen) atoms. The maximum Gasteiger partial charge on any atom is 0.243 e. The molecule has 0 atom stereocenters. The molecule has 0 amide bonds. The fourth-order valence-corrected chi connectivity index (χ4v) is 2.00. The zero-order chi connectivity index (χ0) is 13.2. The number of halogens is 2. The van der Waals surface area contributed by atoms with Crippen molar-refractivity contribution in [3.63, 3.8) is 0 Å². The third-order valence-electron chi connectivity index (χ3n) is 2.88. The van der Waals surface area contributed by atoms with E-state index in [-0.39, 0.29) is 24.8 Å². The van der Waals surface area contributed by atoms with Gasteiger partial charge in [0.2, 0.25) is 12.7 Å². The van der Waals surface area contributed by atoms with Crippen molar-refractivity contribution >= 4 is 0 Å². The molecule has 0 spiro atoms. The van der Waals surface area contributed by atoms with Gasteiger partial charge >= 0.3 is 0 Å². The van der Waals surface area contributed by atoms with E-state index in [1.165, 1.54) is 0 Å². The fourth-order valence-electron chi connectivity index (χ4n) is 2.00. The van der Waals surface area contributed by atoms with Crippen molar-refractivity contribution in [2.24, 2.45) is 14.1 Å². The number of H-pyrrole nitrogens is 1. The van der Waals surface area contributed by atoms with Gasteiger partial charge in [-0.15, -0.1) is 0 Å². The average Bonchev–Trinajstić information content (AvgIpc) is 3.05. The van der Waals surface area contributed by atoms with Crippen LogP contribution >= 0.6 is 0 Å². The Kier molecular flexibility index (Phi) is 5.92. The predicted molar refractivity (Wildman–Crippen MR) is 65.8 cm³/mol. The van der Waals surface area contributed by atoms with Crippen LogP contribution in [0.5, 0.6) is 0 Å². The Morgan fingerprint density at radius 1 is 1.00 bits per heavy atom. The van der Waals surface area contributed by atoms with E-state index in [0.717, 1.165) is 11.6 Å². The summed E-state index contributed by atoms with van der Waals surface area (Å²) in [5, 5.41) is 7.22. The molecule has 114 valence electrons. The molecule has 3 rings (SSSR count). The molecule has 9 heteroatoms. The van der Waals surface area contributed by atoms with E-state index >= 15 is 0 Å². The van der Waals surface area contributed by atoms with E-state index in [9.17, 15) is 0 Å². The molecule has 0 aliphatic heterocycles. The zero-order valence-electron chi connectivity index (χ0n) is 11.8. The first-order chi connectivity index (χ1) is 9.19. The normalized spacial score (nSPS) is 10.0. The van der Waals surface area contributed by atoms with Crippen molar-refractivity contribution in [1.29, 1.82) is 0 Å². The van der Waals surface area contributed by atoms with Gasteiger partial charge in [0.25, 0.3) is 0 Å². The van der Waals surface area contributed by atoms with Crippen molar-refractivity contribution in [2.75, 3.05) is 0 Å². The summed E-state index contributed by atoms with van der Waals surface area (Å²) in [5.41, 5.74) is 0. The van der Waals surface area contributed by atoms with Crippen LogP contribution in [0.3, 0.4) is 0 Å². The highest BCUT2D eigenvalue weighted by Gasteiger charge is 2.10. The lowest BCUT2D eigenvalue weighted by molar-refractivity contribution is -0.671. The van der Waals surface area contributed by atoms with Crippen molar-refractivity contribution in [3.8, 4) is 0 Å². The van der Waals surface area contributed by atoms with E-state index in [1.807, 2.05) is 65.2 Å². The average molecular weight is 330 g/mol. The van der Waals surface area contributed by atoms with Gasteiger partial charge in [0.1, 0.15) is 31.3 Å². The molecule has 0 radical (unpaired) electrons. The minimum absolute atomic E-state index is 0. The van der Waals surface area contributed by atoms with Crippen LogP contribution in [0.1, 0.15) is 11.6 Å². The third kappa shape index (κ3) is 4.30. The molecule has 0 aromatic carbocycles. The zero-order valence-corrected chi connectivity index (χ0v) is 13.3. The van der Waals surface area contributed by atoms with Gasteiger partial charge in [-0.3, -0.25) is 5.10 Å². The predicted octanol–water partition coefficient (Wildman–Crippen LogP) is -6.84. The summed E-state index contributed by atoms with van der Waals surface area (Å²) in [7, 11) is 3.99. The van der Waals surface area contributed by atoms with Crippen LogP contribution in [-0.4, -0.2) is 24.3 Å². The lowest BCUT2D eigenvalue weighted by Crippen LogP contribution is -3.00. The lowest BCUT2D eigenvalue weighted by atomic mass is 10.5. The van der Waals surface area contributed by atoms with Crippen LogP contribution < -0.4 is 33.9 Å². The molecule has 0 saturated carbocycles. The Labute approximate surface area is 135 Å². The minimum atomic E-state index is 0. The van der Waals surface area contributed by atoms with Crippen LogP contribution in [0.15, 0.2) is 37.4 Å². The molecule has 0 bridgehead atoms. The van der Waals surface area contributed by atoms with Gasteiger partial charge in [-0.25, -0.2) is 23.3 Å². The number of nitrogens with zero attached hydrogens (tertiary/aromatic N) is 6. The molecule has 0 unspecified atom stereocenters. The van der Waals surface area contributed by atoms with Gasteiger partial charge in [-0.1, -0.05) is 0 Å². The monoisotopic (exact) mass is 329 g/mol. The van der Waals surface area contributed by atoms with Crippen LogP contribution in [0, 0.1) is 0 Å². The van der Waals surface area contributed by atoms with E-state index in [0.29, 0.717) is 13.1 Å². The molecule has 0 aliphatic rings. The number of imidazole rings is 2. The molecule has 3 aromatic rings. The molecular weight excluding hydrogens is 313 g/mol. The van der Waals surface area contributed by atoms with Gasteiger partial charge in [0.15, 0.2) is 18.2 Å². The maximum absolute atomic E-state index is 4.49. The van der Waals surface area contributed by atoms with Crippen LogP contribution in [0.4, 0.5) is 0 Å². The number of nitrogens with one attached hydrogen (secondary N) is 1. The number of aromatic amines is 1. The molecule has 3 heterocycles. The summed E-state index contributed by atoms with van der Waals surface area (Å²) >= 11 is 0. The number of hydrogen-bond acceptors (Lipinski definition) is 2. The molecule has 0 aliphatic carbocycles. The first kappa shape index (κ1) is 17.2. The topological polar surface area (TPSA) is 59.2 Å². The summed E-state index contributed by atoms with van der Waals surface area (Å²) in [6.45, 7) is 1.38. The molecule has 3 aromatic heterocycles. The standard InChI is InChI=1S/C12H17N7.2ClH/c1-16-3-5-18(9-16)7-11-13-12(15-14-11)8-19-6-4-17(2)10-19;;/h3-6,9-10H,7-8H2,1-2H3,(H,13,14,15);2*1H/q+2;;/p-2. The van der Waals surface area contributed by atoms with Crippen LogP contribution in [-0.2, 0) is 27.2 Å². The van der Waals surface area contributed by atoms with E-state index in [2.05, 4.69) is 19.7 Å². The second kappa shape index (κ2) is 7.24. The second-order valence-electron chi connectivity index (χ2n) is 4.70. The highest BCUT2D eigenvalue weighted by Crippen LogP contribution is 1.98. The summed E-state index contributed by atoms with van der Waals surface area (Å²) in [6, 6.07) is 0. The second-order valence-corrected chi connectivity index (χ2v) is 4.70. The largest absolute Gasteiger partial charge is 1.00 e. The number of rotatable bonds is 4. The van der Waals surface area contributed by atoms with Crippen molar-refractivity contribution < 1.29 is 33.9 Å². The SMILES string of the molecule is C[n+]1ccn(Cc2n[nH]c(Cn3cc[n+](C)c3)n2)c1.[Cl-].[Cl-]. The smallest absolute Gasteiger partial charge is 0.243 e. The molecular formula is C12H17Cl2N7. The minimum Gasteiger partial charge on any atom is -1.00 e. The Balaban J connectivity index is 0.00000110. The Hall–Kier alpha value is -1.86. The van der Waals surface area contributed by atoms with Crippen molar-refractivity contribution in [3.05, 3.63) is 49.1 Å². The highest BCUT2D eigenvalue weighted by molar-refractivity contribution is 4.92. The van der Waals surface area contributed by atoms with Gasteiger partial charge in [-0.2, -0.15) is 5.10 Å². The number of aryl methyl sites for hydroxylation is 2. The summed E-state index contributed by atoms with van der Waals surface area (Å²) in [6.07, 6.45) is 12.0. The first-order valence-electron chi connectivity index (χ1n) is 6.11. The third-order valence-corrected chi connectivity index (χ3v) is 2.88. The lowest BCUT2D eigenvalue weighted by Gasteiger charge is -1.90. The molecule has 1 N–H and O–H groups in total.